The van der Waals surface area contributed by atoms with Gasteiger partial charge in [0.05, 0.1) is 6.54 Å². The van der Waals surface area contributed by atoms with E-state index < -0.39 is 0 Å². The minimum absolute atomic E-state index is 0.103. The summed E-state index contributed by atoms with van der Waals surface area (Å²) in [6, 6.07) is 0.272. The Morgan fingerprint density at radius 3 is 2.28 bits per heavy atom. The lowest BCUT2D eigenvalue weighted by Crippen LogP contribution is -2.40. The van der Waals surface area contributed by atoms with Gasteiger partial charge < -0.3 is 20.5 Å². The van der Waals surface area contributed by atoms with Crippen LogP contribution in [0.2, 0.25) is 0 Å². The third kappa shape index (κ3) is 5.33. The zero-order valence-corrected chi connectivity index (χ0v) is 11.5. The fourth-order valence-electron chi connectivity index (χ4n) is 2.25. The van der Waals surface area contributed by atoms with Gasteiger partial charge in [-0.3, -0.25) is 4.79 Å². The van der Waals surface area contributed by atoms with Crippen molar-refractivity contribution in [3.05, 3.63) is 0 Å². The summed E-state index contributed by atoms with van der Waals surface area (Å²) in [6.45, 7) is 5.41. The second-order valence-corrected chi connectivity index (χ2v) is 4.70. The highest BCUT2D eigenvalue weighted by Gasteiger charge is 2.24. The van der Waals surface area contributed by atoms with Crippen molar-refractivity contribution in [2.75, 3.05) is 19.8 Å². The summed E-state index contributed by atoms with van der Waals surface area (Å²) in [5, 5.41) is 2.91. The molecule has 0 aliphatic heterocycles. The Morgan fingerprint density at radius 1 is 1.22 bits per heavy atom. The summed E-state index contributed by atoms with van der Waals surface area (Å²) in [5.74, 6) is 0.208. The van der Waals surface area contributed by atoms with Gasteiger partial charge in [-0.2, -0.15) is 0 Å². The van der Waals surface area contributed by atoms with E-state index >= 15 is 0 Å². The Kier molecular flexibility index (Phi) is 7.23. The largest absolute Gasteiger partial charge is 0.351 e. The Labute approximate surface area is 109 Å². The van der Waals surface area contributed by atoms with Crippen molar-refractivity contribution in [2.24, 2.45) is 11.7 Å². The van der Waals surface area contributed by atoms with E-state index in [0.29, 0.717) is 19.8 Å². The molecule has 0 spiro atoms. The van der Waals surface area contributed by atoms with Gasteiger partial charge >= 0.3 is 0 Å². The molecule has 106 valence electrons. The summed E-state index contributed by atoms with van der Waals surface area (Å²) >= 11 is 0. The van der Waals surface area contributed by atoms with Gasteiger partial charge in [0, 0.05) is 25.2 Å². The Hall–Kier alpha value is -0.650. The van der Waals surface area contributed by atoms with E-state index in [1.54, 1.807) is 0 Å². The molecule has 18 heavy (non-hydrogen) atoms. The van der Waals surface area contributed by atoms with Gasteiger partial charge in [-0.15, -0.1) is 0 Å². The molecule has 5 heteroatoms. The van der Waals surface area contributed by atoms with Crippen LogP contribution in [0.25, 0.3) is 0 Å². The van der Waals surface area contributed by atoms with E-state index in [1.807, 2.05) is 13.8 Å². The minimum atomic E-state index is -0.338. The number of hydrogen-bond acceptors (Lipinski definition) is 4. The van der Waals surface area contributed by atoms with Gasteiger partial charge in [-0.25, -0.2) is 0 Å². The summed E-state index contributed by atoms with van der Waals surface area (Å²) in [6.07, 6.45) is 3.33. The van der Waals surface area contributed by atoms with Crippen LogP contribution in [0.5, 0.6) is 0 Å². The lowest BCUT2D eigenvalue weighted by atomic mass is 9.86. The number of hydrogen-bond donors (Lipinski definition) is 2. The highest BCUT2D eigenvalue weighted by atomic mass is 16.7. The molecule has 0 saturated heterocycles. The predicted octanol–water partition coefficient (Wildman–Crippen LogP) is 1.02. The molecule has 1 aliphatic rings. The number of carbonyl (C=O) groups excluding carboxylic acids is 1. The fraction of sp³-hybridized carbons (Fsp3) is 0.923. The van der Waals surface area contributed by atoms with Crippen LogP contribution in [-0.4, -0.2) is 38.0 Å². The van der Waals surface area contributed by atoms with Crippen molar-refractivity contribution in [3.8, 4) is 0 Å². The monoisotopic (exact) mass is 258 g/mol. The molecule has 1 aliphatic carbocycles. The molecule has 0 radical (unpaired) electrons. The molecule has 1 amide bonds. The van der Waals surface area contributed by atoms with E-state index in [-0.39, 0.29) is 24.2 Å². The van der Waals surface area contributed by atoms with Crippen LogP contribution < -0.4 is 11.1 Å². The second kappa shape index (κ2) is 8.45. The summed E-state index contributed by atoms with van der Waals surface area (Å²) in [5.41, 5.74) is 5.83. The quantitative estimate of drug-likeness (QED) is 0.669. The van der Waals surface area contributed by atoms with Crippen LogP contribution in [0.1, 0.15) is 39.5 Å². The van der Waals surface area contributed by atoms with Crippen molar-refractivity contribution in [1.29, 1.82) is 0 Å². The molecular formula is C13H26N2O3. The van der Waals surface area contributed by atoms with Crippen LogP contribution in [0.4, 0.5) is 0 Å². The molecule has 1 rings (SSSR count). The highest BCUT2D eigenvalue weighted by molar-refractivity contribution is 5.78. The molecule has 5 nitrogen and oxygen atoms in total. The molecule has 0 aromatic rings. The van der Waals surface area contributed by atoms with Crippen LogP contribution in [0.3, 0.4) is 0 Å². The first-order chi connectivity index (χ1) is 8.67. The first kappa shape index (κ1) is 15.4. The van der Waals surface area contributed by atoms with Gasteiger partial charge in [0.25, 0.3) is 0 Å². The standard InChI is InChI=1S/C13H26N2O3/c1-3-17-12(18-4-2)9-15-13(16)10-5-7-11(14)8-6-10/h10-12H,3-9,14H2,1-2H3,(H,15,16). The SMILES string of the molecule is CCOC(CNC(=O)C1CCC(N)CC1)OCC. The number of rotatable bonds is 7. The van der Waals surface area contributed by atoms with E-state index in [2.05, 4.69) is 5.32 Å². The summed E-state index contributed by atoms with van der Waals surface area (Å²) < 4.78 is 10.8. The summed E-state index contributed by atoms with van der Waals surface area (Å²) in [7, 11) is 0. The molecule has 0 unspecified atom stereocenters. The smallest absolute Gasteiger partial charge is 0.223 e. The number of nitrogens with one attached hydrogen (secondary N) is 1. The van der Waals surface area contributed by atoms with Crippen LogP contribution in [0, 0.1) is 5.92 Å². The van der Waals surface area contributed by atoms with Gasteiger partial charge in [0.2, 0.25) is 5.91 Å². The van der Waals surface area contributed by atoms with E-state index in [0.717, 1.165) is 25.7 Å². The van der Waals surface area contributed by atoms with Crippen molar-refractivity contribution >= 4 is 5.91 Å². The lowest BCUT2D eigenvalue weighted by molar-refractivity contribution is -0.142. The minimum Gasteiger partial charge on any atom is -0.351 e. The van der Waals surface area contributed by atoms with Crippen LogP contribution in [-0.2, 0) is 14.3 Å². The van der Waals surface area contributed by atoms with Crippen molar-refractivity contribution in [1.82, 2.24) is 5.32 Å². The second-order valence-electron chi connectivity index (χ2n) is 4.70. The Balaban J connectivity index is 2.26. The van der Waals surface area contributed by atoms with E-state index in [9.17, 15) is 4.79 Å². The molecule has 0 bridgehead atoms. The third-order valence-corrected chi connectivity index (χ3v) is 3.29. The Bertz CT molecular complexity index is 234. The first-order valence-corrected chi connectivity index (χ1v) is 6.93. The highest BCUT2D eigenvalue weighted by Crippen LogP contribution is 2.23. The third-order valence-electron chi connectivity index (χ3n) is 3.29. The average molecular weight is 258 g/mol. The maximum absolute atomic E-state index is 12.0. The molecule has 1 fully saturated rings. The van der Waals surface area contributed by atoms with Gasteiger partial charge in [-0.05, 0) is 39.5 Å². The molecule has 1 saturated carbocycles. The van der Waals surface area contributed by atoms with Crippen molar-refractivity contribution in [3.63, 3.8) is 0 Å². The fourth-order valence-corrected chi connectivity index (χ4v) is 2.25. The van der Waals surface area contributed by atoms with Crippen LogP contribution in [0.15, 0.2) is 0 Å². The topological polar surface area (TPSA) is 73.6 Å². The first-order valence-electron chi connectivity index (χ1n) is 6.93. The molecule has 0 heterocycles. The number of nitrogens with two attached hydrogens (primary N) is 1. The van der Waals surface area contributed by atoms with Crippen molar-refractivity contribution in [2.45, 2.75) is 51.9 Å². The number of ether oxygens (including phenoxy) is 2. The normalized spacial score (nSPS) is 24.2. The molecule has 3 N–H and O–H groups in total. The molecule has 0 aromatic carbocycles. The average Bonchev–Trinajstić information content (AvgIpc) is 2.37. The lowest BCUT2D eigenvalue weighted by Gasteiger charge is -2.26. The van der Waals surface area contributed by atoms with Crippen molar-refractivity contribution < 1.29 is 14.3 Å². The number of amides is 1. The molecule has 0 atom stereocenters. The van der Waals surface area contributed by atoms with E-state index in [1.165, 1.54) is 0 Å². The van der Waals surface area contributed by atoms with Gasteiger partial charge in [0.1, 0.15) is 0 Å². The van der Waals surface area contributed by atoms with Gasteiger partial charge in [-0.1, -0.05) is 0 Å². The van der Waals surface area contributed by atoms with Crippen LogP contribution >= 0.6 is 0 Å². The van der Waals surface area contributed by atoms with E-state index in [4.69, 9.17) is 15.2 Å². The number of carbonyl (C=O) groups is 1. The summed E-state index contributed by atoms with van der Waals surface area (Å²) in [4.78, 5) is 12.0. The molecule has 0 aromatic heterocycles. The zero-order valence-electron chi connectivity index (χ0n) is 11.5. The maximum atomic E-state index is 12.0. The molecular weight excluding hydrogens is 232 g/mol. The predicted molar refractivity (Wildman–Crippen MR) is 70.0 cm³/mol. The maximum Gasteiger partial charge on any atom is 0.223 e. The Morgan fingerprint density at radius 2 is 1.78 bits per heavy atom. The van der Waals surface area contributed by atoms with Gasteiger partial charge in [0.15, 0.2) is 6.29 Å². The zero-order chi connectivity index (χ0) is 13.4.